The van der Waals surface area contributed by atoms with Crippen LogP contribution < -0.4 is 5.32 Å². The van der Waals surface area contributed by atoms with Gasteiger partial charge in [0.05, 0.1) is 18.0 Å². The minimum absolute atomic E-state index is 0.00513. The third-order valence-corrected chi connectivity index (χ3v) is 5.93. The summed E-state index contributed by atoms with van der Waals surface area (Å²) < 4.78 is 5.04. The van der Waals surface area contributed by atoms with E-state index in [1.807, 2.05) is 4.90 Å². The summed E-state index contributed by atoms with van der Waals surface area (Å²) in [5.41, 5.74) is 0.628. The Hall–Kier alpha value is -2.38. The van der Waals surface area contributed by atoms with E-state index in [1.165, 1.54) is 0 Å². The molecular formula is C18H24N4O4. The maximum absolute atomic E-state index is 13.1. The summed E-state index contributed by atoms with van der Waals surface area (Å²) >= 11 is 0. The second-order valence-corrected chi connectivity index (χ2v) is 7.55. The Bertz CT molecular complexity index is 745. The van der Waals surface area contributed by atoms with Crippen LogP contribution in [0.2, 0.25) is 0 Å². The number of hydrogen-bond acceptors (Lipinski definition) is 5. The highest BCUT2D eigenvalue weighted by molar-refractivity contribution is 5.90. The van der Waals surface area contributed by atoms with Crippen molar-refractivity contribution >= 4 is 17.7 Å². The fourth-order valence-electron chi connectivity index (χ4n) is 4.69. The molecule has 0 unspecified atom stereocenters. The molecular weight excluding hydrogens is 336 g/mol. The van der Waals surface area contributed by atoms with E-state index in [-0.39, 0.29) is 42.1 Å². The summed E-state index contributed by atoms with van der Waals surface area (Å²) in [7, 11) is 0. The number of carbonyl (C=O) groups excluding carboxylic acids is 3. The van der Waals surface area contributed by atoms with Gasteiger partial charge >= 0.3 is 0 Å². The van der Waals surface area contributed by atoms with Crippen LogP contribution in [0, 0.1) is 12.8 Å². The van der Waals surface area contributed by atoms with Gasteiger partial charge in [-0.3, -0.25) is 14.4 Å². The van der Waals surface area contributed by atoms with Crippen LogP contribution in [0.3, 0.4) is 0 Å². The van der Waals surface area contributed by atoms with Crippen LogP contribution in [0.1, 0.15) is 37.6 Å². The van der Waals surface area contributed by atoms with E-state index in [1.54, 1.807) is 24.8 Å². The zero-order valence-electron chi connectivity index (χ0n) is 15.1. The lowest BCUT2D eigenvalue weighted by molar-refractivity contribution is -0.146. The first-order chi connectivity index (χ1) is 12.5. The lowest BCUT2D eigenvalue weighted by Gasteiger charge is -2.36. The molecule has 8 heteroatoms. The smallest absolute Gasteiger partial charge is 0.242 e. The lowest BCUT2D eigenvalue weighted by atomic mass is 9.87. The largest absolute Gasteiger partial charge is 0.361 e. The SMILES string of the molecule is Cc1cc(CC(=O)N2[C@H]3CC[C@H]2[C@H](C(=O)N2CCNC(=O)[C@H]2C)C3)no1. The molecule has 3 amide bonds. The molecule has 26 heavy (non-hydrogen) atoms. The van der Waals surface area contributed by atoms with Crippen LogP contribution in [0.25, 0.3) is 0 Å². The van der Waals surface area contributed by atoms with Crippen molar-refractivity contribution < 1.29 is 18.9 Å². The van der Waals surface area contributed by atoms with Crippen molar-refractivity contribution in [3.8, 4) is 0 Å². The molecule has 1 aromatic rings. The summed E-state index contributed by atoms with van der Waals surface area (Å²) in [6.45, 7) is 4.58. The van der Waals surface area contributed by atoms with Crippen molar-refractivity contribution in [3.63, 3.8) is 0 Å². The molecule has 1 N–H and O–H groups in total. The minimum Gasteiger partial charge on any atom is -0.361 e. The number of rotatable bonds is 3. The molecule has 1 aromatic heterocycles. The highest BCUT2D eigenvalue weighted by Crippen LogP contribution is 2.43. The van der Waals surface area contributed by atoms with Crippen molar-refractivity contribution in [2.45, 2.75) is 57.7 Å². The third-order valence-electron chi connectivity index (χ3n) is 5.93. The molecule has 3 saturated heterocycles. The van der Waals surface area contributed by atoms with E-state index in [0.717, 1.165) is 12.8 Å². The molecule has 4 rings (SSSR count). The van der Waals surface area contributed by atoms with Gasteiger partial charge in [0.25, 0.3) is 0 Å². The zero-order chi connectivity index (χ0) is 18.4. The van der Waals surface area contributed by atoms with Gasteiger partial charge in [0.15, 0.2) is 0 Å². The van der Waals surface area contributed by atoms with Crippen molar-refractivity contribution in [3.05, 3.63) is 17.5 Å². The third kappa shape index (κ3) is 2.77. The van der Waals surface area contributed by atoms with Gasteiger partial charge < -0.3 is 19.6 Å². The van der Waals surface area contributed by atoms with E-state index in [9.17, 15) is 14.4 Å². The van der Waals surface area contributed by atoms with Crippen molar-refractivity contribution in [1.82, 2.24) is 20.3 Å². The molecule has 0 radical (unpaired) electrons. The Labute approximate surface area is 151 Å². The van der Waals surface area contributed by atoms with Gasteiger partial charge in [-0.05, 0) is 33.1 Å². The maximum atomic E-state index is 13.1. The van der Waals surface area contributed by atoms with Crippen LogP contribution in [0.15, 0.2) is 10.6 Å². The molecule has 140 valence electrons. The molecule has 4 heterocycles. The number of nitrogens with one attached hydrogen (secondary N) is 1. The van der Waals surface area contributed by atoms with E-state index in [2.05, 4.69) is 10.5 Å². The van der Waals surface area contributed by atoms with Crippen LogP contribution in [-0.2, 0) is 20.8 Å². The van der Waals surface area contributed by atoms with Crippen LogP contribution in [0.4, 0.5) is 0 Å². The number of amides is 3. The summed E-state index contributed by atoms with van der Waals surface area (Å²) in [6.07, 6.45) is 2.68. The number of hydrogen-bond donors (Lipinski definition) is 1. The first-order valence-electron chi connectivity index (χ1n) is 9.27. The van der Waals surface area contributed by atoms with Gasteiger partial charge in [-0.2, -0.15) is 0 Å². The predicted octanol–water partition coefficient (Wildman–Crippen LogP) is 0.252. The maximum Gasteiger partial charge on any atom is 0.242 e. The highest BCUT2D eigenvalue weighted by Gasteiger charge is 2.52. The van der Waals surface area contributed by atoms with Crippen molar-refractivity contribution in [1.29, 1.82) is 0 Å². The Morgan fingerprint density at radius 3 is 2.92 bits per heavy atom. The van der Waals surface area contributed by atoms with Gasteiger partial charge in [-0.15, -0.1) is 0 Å². The Kier molecular flexibility index (Phi) is 4.20. The molecule has 3 fully saturated rings. The number of aryl methyl sites for hydroxylation is 1. The second-order valence-electron chi connectivity index (χ2n) is 7.55. The fourth-order valence-corrected chi connectivity index (χ4v) is 4.69. The van der Waals surface area contributed by atoms with Crippen LogP contribution in [0.5, 0.6) is 0 Å². The van der Waals surface area contributed by atoms with Gasteiger partial charge in [0.1, 0.15) is 11.8 Å². The molecule has 0 spiro atoms. The number of piperazine rings is 1. The first kappa shape index (κ1) is 17.1. The molecule has 0 saturated carbocycles. The molecule has 8 nitrogen and oxygen atoms in total. The predicted molar refractivity (Wildman–Crippen MR) is 90.9 cm³/mol. The van der Waals surface area contributed by atoms with Crippen LogP contribution in [-0.4, -0.2) is 63.9 Å². The molecule has 2 bridgehead atoms. The standard InChI is InChI=1S/C18H24N4O4/c1-10-7-12(20-26-10)8-16(23)22-13-3-4-15(22)14(9-13)18(25)21-6-5-19-17(24)11(21)2/h7,11,13-15H,3-6,8-9H2,1-2H3,(H,19,24)/t11-,13+,14-,15+/m1/s1. The topological polar surface area (TPSA) is 95.8 Å². The first-order valence-corrected chi connectivity index (χ1v) is 9.27. The minimum atomic E-state index is -0.447. The Balaban J connectivity index is 1.46. The summed E-state index contributed by atoms with van der Waals surface area (Å²) in [5, 5.41) is 6.69. The zero-order valence-corrected chi connectivity index (χ0v) is 15.1. The molecule has 3 aliphatic heterocycles. The number of nitrogens with zero attached hydrogens (tertiary/aromatic N) is 3. The van der Waals surface area contributed by atoms with E-state index >= 15 is 0 Å². The summed E-state index contributed by atoms with van der Waals surface area (Å²) in [6, 6.07) is 1.37. The average Bonchev–Trinajstić information content (AvgIpc) is 3.31. The monoisotopic (exact) mass is 360 g/mol. The molecule has 0 aliphatic carbocycles. The Morgan fingerprint density at radius 2 is 2.19 bits per heavy atom. The van der Waals surface area contributed by atoms with Gasteiger partial charge in [0, 0.05) is 31.2 Å². The molecule has 4 atom stereocenters. The van der Waals surface area contributed by atoms with Gasteiger partial charge in [-0.1, -0.05) is 5.16 Å². The van der Waals surface area contributed by atoms with Crippen LogP contribution >= 0.6 is 0 Å². The number of fused-ring (bicyclic) bond motifs is 2. The average molecular weight is 360 g/mol. The highest BCUT2D eigenvalue weighted by atomic mass is 16.5. The Morgan fingerprint density at radius 1 is 1.38 bits per heavy atom. The van der Waals surface area contributed by atoms with E-state index < -0.39 is 6.04 Å². The van der Waals surface area contributed by atoms with Crippen molar-refractivity contribution in [2.75, 3.05) is 13.1 Å². The normalized spacial score (nSPS) is 30.6. The summed E-state index contributed by atoms with van der Waals surface area (Å²) in [4.78, 5) is 41.3. The van der Waals surface area contributed by atoms with Crippen molar-refractivity contribution in [2.24, 2.45) is 5.92 Å². The summed E-state index contributed by atoms with van der Waals surface area (Å²) in [5.74, 6) is 0.384. The van der Waals surface area contributed by atoms with Gasteiger partial charge in [0.2, 0.25) is 17.7 Å². The van der Waals surface area contributed by atoms with E-state index in [0.29, 0.717) is 31.0 Å². The van der Waals surface area contributed by atoms with E-state index in [4.69, 9.17) is 4.52 Å². The molecule has 0 aromatic carbocycles. The lowest BCUT2D eigenvalue weighted by Crippen LogP contribution is -2.58. The fraction of sp³-hybridized carbons (Fsp3) is 0.667. The number of aromatic nitrogens is 1. The molecule has 3 aliphatic rings. The van der Waals surface area contributed by atoms with Gasteiger partial charge in [-0.25, -0.2) is 0 Å². The quantitative estimate of drug-likeness (QED) is 0.834. The second kappa shape index (κ2) is 6.41. The number of carbonyl (C=O) groups is 3.